The lowest BCUT2D eigenvalue weighted by Crippen LogP contribution is -2.31. The first-order valence-corrected chi connectivity index (χ1v) is 5.78. The van der Waals surface area contributed by atoms with Gasteiger partial charge >= 0.3 is 0 Å². The molecular weight excluding hydrogens is 217 g/mol. The van der Waals surface area contributed by atoms with Gasteiger partial charge in [0.25, 0.3) is 0 Å². The van der Waals surface area contributed by atoms with Gasteiger partial charge in [-0.2, -0.15) is 5.26 Å². The first-order valence-electron chi connectivity index (χ1n) is 5.78. The third-order valence-corrected chi connectivity index (χ3v) is 2.77. The van der Waals surface area contributed by atoms with Crippen molar-refractivity contribution in [2.45, 2.75) is 19.4 Å². The summed E-state index contributed by atoms with van der Waals surface area (Å²) in [6.45, 7) is 3.67. The molecule has 0 spiro atoms. The van der Waals surface area contributed by atoms with E-state index in [1.54, 1.807) is 19.2 Å². The fourth-order valence-corrected chi connectivity index (χ4v) is 1.68. The number of nitrogens with zero attached hydrogens (tertiary/aromatic N) is 2. The number of anilines is 1. The molecule has 0 aliphatic rings. The van der Waals surface area contributed by atoms with E-state index in [9.17, 15) is 4.39 Å². The highest BCUT2D eigenvalue weighted by Gasteiger charge is 2.08. The van der Waals surface area contributed by atoms with E-state index < -0.39 is 0 Å². The molecule has 0 radical (unpaired) electrons. The van der Waals surface area contributed by atoms with E-state index in [1.165, 1.54) is 12.1 Å². The summed E-state index contributed by atoms with van der Waals surface area (Å²) in [7, 11) is 1.78. The minimum absolute atomic E-state index is 0.135. The summed E-state index contributed by atoms with van der Waals surface area (Å²) in [5, 5.41) is 11.8. The van der Waals surface area contributed by atoms with Crippen LogP contribution in [0.15, 0.2) is 24.3 Å². The zero-order valence-corrected chi connectivity index (χ0v) is 10.3. The lowest BCUT2D eigenvalue weighted by Gasteiger charge is -2.24. The summed E-state index contributed by atoms with van der Waals surface area (Å²) >= 11 is 0. The van der Waals surface area contributed by atoms with E-state index in [2.05, 4.69) is 16.3 Å². The van der Waals surface area contributed by atoms with E-state index in [4.69, 9.17) is 5.26 Å². The first-order chi connectivity index (χ1) is 8.21. The highest BCUT2D eigenvalue weighted by Crippen LogP contribution is 2.15. The van der Waals surface area contributed by atoms with Crippen molar-refractivity contribution >= 4 is 5.69 Å². The van der Waals surface area contributed by atoms with Gasteiger partial charge in [-0.25, -0.2) is 4.39 Å². The van der Waals surface area contributed by atoms with Crippen molar-refractivity contribution in [1.29, 1.82) is 5.26 Å². The zero-order valence-electron chi connectivity index (χ0n) is 10.3. The van der Waals surface area contributed by atoms with Crippen LogP contribution in [-0.2, 0) is 0 Å². The van der Waals surface area contributed by atoms with Gasteiger partial charge in [0.15, 0.2) is 0 Å². The van der Waals surface area contributed by atoms with Crippen LogP contribution in [0.2, 0.25) is 0 Å². The Morgan fingerprint density at radius 1 is 1.41 bits per heavy atom. The first kappa shape index (κ1) is 13.5. The Morgan fingerprint density at radius 2 is 2.06 bits per heavy atom. The summed E-state index contributed by atoms with van der Waals surface area (Å²) in [6.07, 6.45) is 0.748. The third-order valence-electron chi connectivity index (χ3n) is 2.77. The van der Waals surface area contributed by atoms with Crippen LogP contribution in [0.3, 0.4) is 0 Å². The van der Waals surface area contributed by atoms with Crippen LogP contribution in [0.1, 0.15) is 13.3 Å². The van der Waals surface area contributed by atoms with E-state index in [0.29, 0.717) is 0 Å². The SMILES string of the molecule is CCN(CCC(C#N)NC)c1ccc(F)cc1. The molecule has 0 fully saturated rings. The molecule has 0 saturated heterocycles. The Bertz CT molecular complexity index is 369. The minimum Gasteiger partial charge on any atom is -0.372 e. The molecule has 1 unspecified atom stereocenters. The molecule has 1 atom stereocenters. The van der Waals surface area contributed by atoms with Gasteiger partial charge in [-0.15, -0.1) is 0 Å². The molecule has 0 bridgehead atoms. The predicted octanol–water partition coefficient (Wildman–Crippen LogP) is 2.15. The Labute approximate surface area is 102 Å². The molecule has 0 saturated carbocycles. The van der Waals surface area contributed by atoms with Crippen LogP contribution in [0.5, 0.6) is 0 Å². The maximum absolute atomic E-state index is 12.8. The molecule has 0 aromatic heterocycles. The van der Waals surface area contributed by atoms with Crippen LogP contribution in [0, 0.1) is 17.1 Å². The molecule has 1 aromatic carbocycles. The largest absolute Gasteiger partial charge is 0.372 e. The molecule has 92 valence electrons. The fourth-order valence-electron chi connectivity index (χ4n) is 1.68. The molecule has 0 aliphatic heterocycles. The molecule has 17 heavy (non-hydrogen) atoms. The summed E-state index contributed by atoms with van der Waals surface area (Å²) in [4.78, 5) is 2.13. The summed E-state index contributed by atoms with van der Waals surface area (Å²) in [5.41, 5.74) is 0.988. The second kappa shape index (κ2) is 6.87. The van der Waals surface area contributed by atoms with Gasteiger partial charge in [0.05, 0.1) is 12.1 Å². The van der Waals surface area contributed by atoms with Gasteiger partial charge in [0, 0.05) is 18.8 Å². The van der Waals surface area contributed by atoms with Crippen molar-refractivity contribution in [2.75, 3.05) is 25.0 Å². The van der Waals surface area contributed by atoms with Crippen molar-refractivity contribution < 1.29 is 4.39 Å². The van der Waals surface area contributed by atoms with Gasteiger partial charge in [-0.3, -0.25) is 0 Å². The molecule has 4 heteroatoms. The van der Waals surface area contributed by atoms with E-state index in [1.807, 2.05) is 6.92 Å². The minimum atomic E-state index is -0.227. The number of hydrogen-bond acceptors (Lipinski definition) is 3. The molecule has 0 amide bonds. The van der Waals surface area contributed by atoms with E-state index in [0.717, 1.165) is 25.2 Å². The Kier molecular flexibility index (Phi) is 5.44. The highest BCUT2D eigenvalue weighted by molar-refractivity contribution is 5.46. The average Bonchev–Trinajstić information content (AvgIpc) is 2.36. The van der Waals surface area contributed by atoms with Gasteiger partial charge in [0.1, 0.15) is 5.82 Å². The van der Waals surface area contributed by atoms with Crippen LogP contribution in [0.4, 0.5) is 10.1 Å². The quantitative estimate of drug-likeness (QED) is 0.821. The predicted molar refractivity (Wildman–Crippen MR) is 67.4 cm³/mol. The van der Waals surface area contributed by atoms with Gasteiger partial charge in [0.2, 0.25) is 0 Å². The molecule has 3 nitrogen and oxygen atoms in total. The van der Waals surface area contributed by atoms with Crippen LogP contribution >= 0.6 is 0 Å². The van der Waals surface area contributed by atoms with Crippen molar-refractivity contribution in [1.82, 2.24) is 5.32 Å². The monoisotopic (exact) mass is 235 g/mol. The van der Waals surface area contributed by atoms with E-state index in [-0.39, 0.29) is 11.9 Å². The highest BCUT2D eigenvalue weighted by atomic mass is 19.1. The van der Waals surface area contributed by atoms with Crippen molar-refractivity contribution in [2.24, 2.45) is 0 Å². The van der Waals surface area contributed by atoms with Crippen LogP contribution in [-0.4, -0.2) is 26.2 Å². The molecule has 1 N–H and O–H groups in total. The zero-order chi connectivity index (χ0) is 12.7. The number of halogens is 1. The lowest BCUT2D eigenvalue weighted by atomic mass is 10.2. The average molecular weight is 235 g/mol. The van der Waals surface area contributed by atoms with Crippen molar-refractivity contribution in [3.05, 3.63) is 30.1 Å². The van der Waals surface area contributed by atoms with Crippen molar-refractivity contribution in [3.63, 3.8) is 0 Å². The number of hydrogen-bond donors (Lipinski definition) is 1. The standard InChI is InChI=1S/C13H18FN3/c1-3-17(9-8-12(10-15)16-2)13-6-4-11(14)5-7-13/h4-7,12,16H,3,8-9H2,1-2H3. The number of nitrogens with one attached hydrogen (secondary N) is 1. The molecule has 1 rings (SSSR count). The van der Waals surface area contributed by atoms with Gasteiger partial charge < -0.3 is 10.2 Å². The Morgan fingerprint density at radius 3 is 2.53 bits per heavy atom. The maximum atomic E-state index is 12.8. The van der Waals surface area contributed by atoms with Crippen LogP contribution in [0.25, 0.3) is 0 Å². The van der Waals surface area contributed by atoms with E-state index >= 15 is 0 Å². The summed E-state index contributed by atoms with van der Waals surface area (Å²) in [6, 6.07) is 8.50. The topological polar surface area (TPSA) is 39.1 Å². The normalized spacial score (nSPS) is 11.9. The van der Waals surface area contributed by atoms with Crippen LogP contribution < -0.4 is 10.2 Å². The fraction of sp³-hybridized carbons (Fsp3) is 0.462. The number of nitriles is 1. The Hall–Kier alpha value is -1.60. The second-order valence-corrected chi connectivity index (χ2v) is 3.82. The Balaban J connectivity index is 2.60. The summed E-state index contributed by atoms with van der Waals surface area (Å²) < 4.78 is 12.8. The number of benzene rings is 1. The third kappa shape index (κ3) is 4.04. The maximum Gasteiger partial charge on any atom is 0.123 e. The van der Waals surface area contributed by atoms with Gasteiger partial charge in [-0.1, -0.05) is 0 Å². The lowest BCUT2D eigenvalue weighted by molar-refractivity contribution is 0.609. The van der Waals surface area contributed by atoms with Gasteiger partial charge in [-0.05, 0) is 44.7 Å². The smallest absolute Gasteiger partial charge is 0.123 e. The second-order valence-electron chi connectivity index (χ2n) is 3.82. The molecule has 0 heterocycles. The van der Waals surface area contributed by atoms with Crippen molar-refractivity contribution in [3.8, 4) is 6.07 Å². The number of rotatable bonds is 6. The summed E-state index contributed by atoms with van der Waals surface area (Å²) in [5.74, 6) is -0.227. The molecule has 1 aromatic rings. The molecular formula is C13H18FN3. The molecule has 0 aliphatic carbocycles.